The van der Waals surface area contributed by atoms with Crippen LogP contribution in [0.1, 0.15) is 11.1 Å². The van der Waals surface area contributed by atoms with Gasteiger partial charge in [-0.05, 0) is 43.2 Å². The molecule has 2 heterocycles. The molecule has 0 radical (unpaired) electrons. The summed E-state index contributed by atoms with van der Waals surface area (Å²) < 4.78 is 0. The Hall–Kier alpha value is -3.08. The first kappa shape index (κ1) is 17.3. The van der Waals surface area contributed by atoms with Gasteiger partial charge in [-0.15, -0.1) is 0 Å². The van der Waals surface area contributed by atoms with Crippen LogP contribution in [0.4, 0.5) is 16.2 Å². The predicted octanol–water partition coefficient (Wildman–Crippen LogP) is 4.21. The second kappa shape index (κ2) is 7.27. The minimum Gasteiger partial charge on any atom is -0.368 e. The summed E-state index contributed by atoms with van der Waals surface area (Å²) in [6.45, 7) is 7.35. The van der Waals surface area contributed by atoms with E-state index in [0.717, 1.165) is 29.7 Å². The quantitative estimate of drug-likeness (QED) is 0.745. The number of carbonyl (C=O) groups excluding carboxylic acids is 1. The smallest absolute Gasteiger partial charge is 0.322 e. The third-order valence-electron chi connectivity index (χ3n) is 5.15. The molecule has 0 atom stereocenters. The van der Waals surface area contributed by atoms with Gasteiger partial charge < -0.3 is 15.1 Å². The molecule has 5 nitrogen and oxygen atoms in total. The molecule has 3 aromatic rings. The molecule has 4 rings (SSSR count). The van der Waals surface area contributed by atoms with Crippen molar-refractivity contribution >= 4 is 28.3 Å². The predicted molar refractivity (Wildman–Crippen MR) is 110 cm³/mol. The lowest BCUT2D eigenvalue weighted by atomic mass is 10.1. The Kier molecular flexibility index (Phi) is 4.67. The Balaban J connectivity index is 1.43. The molecule has 0 unspecified atom stereocenters. The number of hydrogen-bond donors (Lipinski definition) is 1. The molecule has 0 aliphatic carbocycles. The molecule has 2 amide bonds. The molecule has 1 aliphatic heterocycles. The zero-order valence-corrected chi connectivity index (χ0v) is 15.8. The first-order chi connectivity index (χ1) is 13.1. The molecular weight excluding hydrogens is 336 g/mol. The summed E-state index contributed by atoms with van der Waals surface area (Å²) in [5.41, 5.74) is 5.39. The lowest BCUT2D eigenvalue weighted by Crippen LogP contribution is -2.50. The van der Waals surface area contributed by atoms with E-state index in [1.807, 2.05) is 35.2 Å². The Morgan fingerprint density at radius 2 is 1.78 bits per heavy atom. The topological polar surface area (TPSA) is 48.5 Å². The lowest BCUT2D eigenvalue weighted by Gasteiger charge is -2.37. The van der Waals surface area contributed by atoms with Crippen molar-refractivity contribution < 1.29 is 4.79 Å². The number of aryl methyl sites for hydroxylation is 2. The van der Waals surface area contributed by atoms with Crippen LogP contribution in [0.3, 0.4) is 0 Å². The minimum atomic E-state index is -0.0613. The standard InChI is InChI=1S/C22H24N4O/c1-16-8-9-17(2)20(15-16)25-11-13-26(14-12-25)22(27)24-19-7-3-5-18-6-4-10-23-21(18)19/h3-10,15H,11-14H2,1-2H3,(H,24,27). The van der Waals surface area contributed by atoms with Gasteiger partial charge in [0.1, 0.15) is 0 Å². The van der Waals surface area contributed by atoms with Crippen molar-refractivity contribution in [3.05, 3.63) is 65.9 Å². The monoisotopic (exact) mass is 360 g/mol. The number of fused-ring (bicyclic) bond motifs is 1. The van der Waals surface area contributed by atoms with Crippen LogP contribution in [0.15, 0.2) is 54.7 Å². The van der Waals surface area contributed by atoms with E-state index in [1.165, 1.54) is 16.8 Å². The average molecular weight is 360 g/mol. The Morgan fingerprint density at radius 3 is 2.59 bits per heavy atom. The second-order valence-electron chi connectivity index (χ2n) is 7.07. The highest BCUT2D eigenvalue weighted by Crippen LogP contribution is 2.24. The van der Waals surface area contributed by atoms with E-state index in [9.17, 15) is 4.79 Å². The van der Waals surface area contributed by atoms with Crippen LogP contribution in [0.25, 0.3) is 10.9 Å². The van der Waals surface area contributed by atoms with Crippen LogP contribution in [0.2, 0.25) is 0 Å². The third kappa shape index (κ3) is 3.58. The molecule has 27 heavy (non-hydrogen) atoms. The third-order valence-corrected chi connectivity index (χ3v) is 5.15. The molecule has 0 bridgehead atoms. The number of urea groups is 1. The number of hydrogen-bond acceptors (Lipinski definition) is 3. The zero-order chi connectivity index (χ0) is 18.8. The largest absolute Gasteiger partial charge is 0.368 e. The highest BCUT2D eigenvalue weighted by Gasteiger charge is 2.22. The summed E-state index contributed by atoms with van der Waals surface area (Å²) in [4.78, 5) is 21.4. The number of nitrogens with one attached hydrogen (secondary N) is 1. The molecular formula is C22H24N4O. The molecule has 2 aromatic carbocycles. The molecule has 1 saturated heterocycles. The molecule has 0 spiro atoms. The van der Waals surface area contributed by atoms with Crippen LogP contribution in [-0.2, 0) is 0 Å². The van der Waals surface area contributed by atoms with Crippen LogP contribution < -0.4 is 10.2 Å². The van der Waals surface area contributed by atoms with Gasteiger partial charge in [-0.2, -0.15) is 0 Å². The van der Waals surface area contributed by atoms with Crippen molar-refractivity contribution in [3.63, 3.8) is 0 Å². The maximum absolute atomic E-state index is 12.7. The number of carbonyl (C=O) groups is 1. The Bertz CT molecular complexity index is 972. The summed E-state index contributed by atoms with van der Waals surface area (Å²) in [5.74, 6) is 0. The van der Waals surface area contributed by atoms with Crippen LogP contribution in [0, 0.1) is 13.8 Å². The highest BCUT2D eigenvalue weighted by molar-refractivity contribution is 5.99. The SMILES string of the molecule is Cc1ccc(C)c(N2CCN(C(=O)Nc3cccc4cccnc34)CC2)c1. The fourth-order valence-electron chi connectivity index (χ4n) is 3.61. The number of piperazine rings is 1. The van der Waals surface area contributed by atoms with Crippen molar-refractivity contribution in [2.75, 3.05) is 36.4 Å². The Morgan fingerprint density at radius 1 is 1.00 bits per heavy atom. The van der Waals surface area contributed by atoms with E-state index < -0.39 is 0 Å². The average Bonchev–Trinajstić information content (AvgIpc) is 2.70. The van der Waals surface area contributed by atoms with E-state index in [2.05, 4.69) is 47.2 Å². The number of rotatable bonds is 2. The number of amides is 2. The molecule has 1 aliphatic rings. The first-order valence-corrected chi connectivity index (χ1v) is 9.34. The van der Waals surface area contributed by atoms with Crippen molar-refractivity contribution in [1.29, 1.82) is 0 Å². The fourth-order valence-corrected chi connectivity index (χ4v) is 3.61. The molecule has 5 heteroatoms. The molecule has 1 N–H and O–H groups in total. The highest BCUT2D eigenvalue weighted by atomic mass is 16.2. The van der Waals surface area contributed by atoms with Gasteiger partial charge in [-0.3, -0.25) is 4.98 Å². The van der Waals surface area contributed by atoms with Crippen LogP contribution in [-0.4, -0.2) is 42.1 Å². The minimum absolute atomic E-state index is 0.0613. The van der Waals surface area contributed by atoms with Gasteiger partial charge in [0, 0.05) is 43.4 Å². The molecule has 138 valence electrons. The van der Waals surface area contributed by atoms with Crippen molar-refractivity contribution in [2.24, 2.45) is 0 Å². The molecule has 1 aromatic heterocycles. The molecule has 0 saturated carbocycles. The fraction of sp³-hybridized carbons (Fsp3) is 0.273. The van der Waals surface area contributed by atoms with Gasteiger partial charge >= 0.3 is 6.03 Å². The van der Waals surface area contributed by atoms with E-state index in [4.69, 9.17) is 0 Å². The van der Waals surface area contributed by atoms with Crippen molar-refractivity contribution in [2.45, 2.75) is 13.8 Å². The first-order valence-electron chi connectivity index (χ1n) is 9.34. The number of para-hydroxylation sites is 1. The van der Waals surface area contributed by atoms with Gasteiger partial charge in [0.25, 0.3) is 0 Å². The van der Waals surface area contributed by atoms with Crippen LogP contribution >= 0.6 is 0 Å². The number of aromatic nitrogens is 1. The van der Waals surface area contributed by atoms with Gasteiger partial charge in [-0.25, -0.2) is 4.79 Å². The van der Waals surface area contributed by atoms with Gasteiger partial charge in [0.15, 0.2) is 0 Å². The van der Waals surface area contributed by atoms with Gasteiger partial charge in [0.2, 0.25) is 0 Å². The summed E-state index contributed by atoms with van der Waals surface area (Å²) in [5, 5.41) is 4.06. The van der Waals surface area contributed by atoms with Gasteiger partial charge in [0.05, 0.1) is 11.2 Å². The second-order valence-corrected chi connectivity index (χ2v) is 7.07. The van der Waals surface area contributed by atoms with Gasteiger partial charge in [-0.1, -0.05) is 30.3 Å². The van der Waals surface area contributed by atoms with Crippen molar-refractivity contribution in [1.82, 2.24) is 9.88 Å². The van der Waals surface area contributed by atoms with E-state index in [-0.39, 0.29) is 6.03 Å². The number of anilines is 2. The van der Waals surface area contributed by atoms with Crippen LogP contribution in [0.5, 0.6) is 0 Å². The number of benzene rings is 2. The maximum Gasteiger partial charge on any atom is 0.322 e. The normalized spacial score (nSPS) is 14.4. The zero-order valence-electron chi connectivity index (χ0n) is 15.8. The Labute approximate surface area is 159 Å². The number of pyridine rings is 1. The lowest BCUT2D eigenvalue weighted by molar-refractivity contribution is 0.208. The summed E-state index contributed by atoms with van der Waals surface area (Å²) >= 11 is 0. The maximum atomic E-state index is 12.7. The number of nitrogens with zero attached hydrogens (tertiary/aromatic N) is 3. The van der Waals surface area contributed by atoms with E-state index in [1.54, 1.807) is 6.20 Å². The summed E-state index contributed by atoms with van der Waals surface area (Å²) in [6.07, 6.45) is 1.75. The van der Waals surface area contributed by atoms with E-state index >= 15 is 0 Å². The van der Waals surface area contributed by atoms with E-state index in [0.29, 0.717) is 13.1 Å². The summed E-state index contributed by atoms with van der Waals surface area (Å²) in [6, 6.07) is 16.2. The van der Waals surface area contributed by atoms with Crippen molar-refractivity contribution in [3.8, 4) is 0 Å². The summed E-state index contributed by atoms with van der Waals surface area (Å²) in [7, 11) is 0. The molecule has 1 fully saturated rings.